The van der Waals surface area contributed by atoms with E-state index in [1.54, 1.807) is 19.2 Å². The summed E-state index contributed by atoms with van der Waals surface area (Å²) in [6, 6.07) is 4.19. The van der Waals surface area contributed by atoms with Gasteiger partial charge in [0, 0.05) is 24.2 Å². The molecule has 1 aromatic carbocycles. The third kappa shape index (κ3) is 3.33. The van der Waals surface area contributed by atoms with Gasteiger partial charge in [-0.1, -0.05) is 0 Å². The Balaban J connectivity index is 1.82. The topological polar surface area (TPSA) is 33.3 Å². The number of ether oxygens (including phenoxy) is 1. The molecule has 1 aromatic rings. The standard InChI is InChI=1S/C17H23F3N2O/c1-10-15(5-6-21-10)22-9-12-7-13-11(8-16(12)23-2)3-4-14(13)17(18,19)20/h7-8,10,14-15,21-22H,3-6,9H2,1-2H3/t10-,14?,15-/m0/s1. The van der Waals surface area contributed by atoms with Crippen LogP contribution in [-0.2, 0) is 13.0 Å². The molecule has 23 heavy (non-hydrogen) atoms. The Kier molecular flexibility index (Phi) is 4.56. The van der Waals surface area contributed by atoms with Crippen molar-refractivity contribution in [1.82, 2.24) is 10.6 Å². The first-order chi connectivity index (χ1) is 10.9. The van der Waals surface area contributed by atoms with Crippen LogP contribution in [0.25, 0.3) is 0 Å². The molecule has 0 aromatic heterocycles. The van der Waals surface area contributed by atoms with Crippen LogP contribution in [0.2, 0.25) is 0 Å². The average Bonchev–Trinajstić information content (AvgIpc) is 3.09. The monoisotopic (exact) mass is 328 g/mol. The molecule has 1 saturated heterocycles. The molecule has 1 aliphatic carbocycles. The first kappa shape index (κ1) is 16.6. The van der Waals surface area contributed by atoms with E-state index >= 15 is 0 Å². The number of benzene rings is 1. The number of halogens is 3. The van der Waals surface area contributed by atoms with Crippen LogP contribution >= 0.6 is 0 Å². The predicted molar refractivity (Wildman–Crippen MR) is 82.8 cm³/mol. The first-order valence-corrected chi connectivity index (χ1v) is 8.13. The fourth-order valence-corrected chi connectivity index (χ4v) is 3.73. The van der Waals surface area contributed by atoms with Crippen molar-refractivity contribution in [1.29, 1.82) is 0 Å². The second-order valence-electron chi connectivity index (χ2n) is 6.51. The van der Waals surface area contributed by atoms with E-state index in [9.17, 15) is 13.2 Å². The zero-order chi connectivity index (χ0) is 16.6. The largest absolute Gasteiger partial charge is 0.496 e. The Labute approximate surface area is 134 Å². The van der Waals surface area contributed by atoms with Crippen LogP contribution in [-0.4, -0.2) is 31.9 Å². The van der Waals surface area contributed by atoms with Gasteiger partial charge in [0.2, 0.25) is 0 Å². The van der Waals surface area contributed by atoms with Gasteiger partial charge >= 0.3 is 6.18 Å². The van der Waals surface area contributed by atoms with Gasteiger partial charge in [-0.2, -0.15) is 13.2 Å². The van der Waals surface area contributed by atoms with Crippen LogP contribution in [0, 0.1) is 0 Å². The Morgan fingerprint density at radius 1 is 1.30 bits per heavy atom. The Morgan fingerprint density at radius 2 is 2.09 bits per heavy atom. The minimum absolute atomic E-state index is 0.141. The van der Waals surface area contributed by atoms with E-state index in [1.165, 1.54) is 0 Å². The summed E-state index contributed by atoms with van der Waals surface area (Å²) in [7, 11) is 1.57. The molecule has 1 aliphatic heterocycles. The summed E-state index contributed by atoms with van der Waals surface area (Å²) in [5, 5.41) is 6.80. The minimum Gasteiger partial charge on any atom is -0.496 e. The molecule has 3 nitrogen and oxygen atoms in total. The third-order valence-electron chi connectivity index (χ3n) is 5.10. The summed E-state index contributed by atoms with van der Waals surface area (Å²) < 4.78 is 44.9. The predicted octanol–water partition coefficient (Wildman–Crippen LogP) is 3.13. The second kappa shape index (κ2) is 6.32. The lowest BCUT2D eigenvalue weighted by atomic mass is 9.97. The number of rotatable bonds is 4. The van der Waals surface area contributed by atoms with Crippen LogP contribution in [0.5, 0.6) is 5.75 Å². The molecule has 0 amide bonds. The molecule has 2 aliphatic rings. The molecule has 2 N–H and O–H groups in total. The van der Waals surface area contributed by atoms with Crippen molar-refractivity contribution in [2.45, 2.75) is 56.9 Å². The molecule has 0 bridgehead atoms. The van der Waals surface area contributed by atoms with E-state index in [4.69, 9.17) is 4.74 Å². The summed E-state index contributed by atoms with van der Waals surface area (Å²) in [4.78, 5) is 0. The van der Waals surface area contributed by atoms with Crippen molar-refractivity contribution in [3.8, 4) is 5.75 Å². The van der Waals surface area contributed by atoms with Crippen molar-refractivity contribution in [2.75, 3.05) is 13.7 Å². The number of methoxy groups -OCH3 is 1. The fraction of sp³-hybridized carbons (Fsp3) is 0.647. The molecule has 3 rings (SSSR count). The molecular formula is C17H23F3N2O. The van der Waals surface area contributed by atoms with Crippen LogP contribution in [0.3, 0.4) is 0 Å². The molecule has 0 radical (unpaired) electrons. The normalized spacial score (nSPS) is 27.3. The van der Waals surface area contributed by atoms with Crippen LogP contribution in [0.15, 0.2) is 12.1 Å². The molecule has 0 saturated carbocycles. The number of fused-ring (bicyclic) bond motifs is 1. The number of hydrogen-bond acceptors (Lipinski definition) is 3. The smallest absolute Gasteiger partial charge is 0.395 e. The second-order valence-corrected chi connectivity index (χ2v) is 6.51. The highest BCUT2D eigenvalue weighted by Gasteiger charge is 2.44. The molecule has 3 atom stereocenters. The highest BCUT2D eigenvalue weighted by Crippen LogP contribution is 2.46. The summed E-state index contributed by atoms with van der Waals surface area (Å²) in [6.07, 6.45) is -2.54. The summed E-state index contributed by atoms with van der Waals surface area (Å²) in [6.45, 7) is 3.61. The minimum atomic E-state index is -4.17. The van der Waals surface area contributed by atoms with Crippen molar-refractivity contribution in [2.24, 2.45) is 0 Å². The van der Waals surface area contributed by atoms with E-state index in [2.05, 4.69) is 17.6 Å². The summed E-state index contributed by atoms with van der Waals surface area (Å²) >= 11 is 0. The van der Waals surface area contributed by atoms with Gasteiger partial charge in [0.25, 0.3) is 0 Å². The van der Waals surface area contributed by atoms with Crippen molar-refractivity contribution in [3.05, 3.63) is 28.8 Å². The van der Waals surface area contributed by atoms with Crippen LogP contribution < -0.4 is 15.4 Å². The van der Waals surface area contributed by atoms with E-state index in [-0.39, 0.29) is 6.42 Å². The van der Waals surface area contributed by atoms with Crippen LogP contribution in [0.4, 0.5) is 13.2 Å². The molecule has 1 unspecified atom stereocenters. The van der Waals surface area contributed by atoms with Gasteiger partial charge in [0.1, 0.15) is 5.75 Å². The number of aryl methyl sites for hydroxylation is 1. The van der Waals surface area contributed by atoms with Gasteiger partial charge in [-0.3, -0.25) is 0 Å². The molecule has 6 heteroatoms. The molecule has 1 fully saturated rings. The summed E-state index contributed by atoms with van der Waals surface area (Å²) in [5.41, 5.74) is 2.00. The third-order valence-corrected chi connectivity index (χ3v) is 5.10. The van der Waals surface area contributed by atoms with E-state index < -0.39 is 12.1 Å². The highest BCUT2D eigenvalue weighted by molar-refractivity contribution is 5.47. The van der Waals surface area contributed by atoms with Crippen molar-refractivity contribution >= 4 is 0 Å². The van der Waals surface area contributed by atoms with Gasteiger partial charge in [-0.05, 0) is 56.0 Å². The Hall–Kier alpha value is -1.27. The van der Waals surface area contributed by atoms with E-state index in [1.807, 2.05) is 0 Å². The van der Waals surface area contributed by atoms with Gasteiger partial charge in [0.05, 0.1) is 13.0 Å². The first-order valence-electron chi connectivity index (χ1n) is 8.13. The van der Waals surface area contributed by atoms with E-state index in [0.29, 0.717) is 36.4 Å². The maximum absolute atomic E-state index is 13.2. The quantitative estimate of drug-likeness (QED) is 0.891. The van der Waals surface area contributed by atoms with Gasteiger partial charge in [0.15, 0.2) is 0 Å². The molecular weight excluding hydrogens is 305 g/mol. The SMILES string of the molecule is COc1cc2c(cc1CN[C@H]1CCN[C@H]1C)C(C(F)(F)F)CC2. The van der Waals surface area contributed by atoms with Gasteiger partial charge < -0.3 is 15.4 Å². The molecule has 1 heterocycles. The average molecular weight is 328 g/mol. The number of alkyl halides is 3. The van der Waals surface area contributed by atoms with E-state index in [0.717, 1.165) is 24.1 Å². The van der Waals surface area contributed by atoms with Gasteiger partial charge in [-0.15, -0.1) is 0 Å². The Bertz CT molecular complexity index is 574. The molecule has 128 valence electrons. The molecule has 0 spiro atoms. The highest BCUT2D eigenvalue weighted by atomic mass is 19.4. The lowest BCUT2D eigenvalue weighted by Crippen LogP contribution is -2.37. The van der Waals surface area contributed by atoms with Crippen molar-refractivity contribution < 1.29 is 17.9 Å². The summed E-state index contributed by atoms with van der Waals surface area (Å²) in [5.74, 6) is -0.660. The maximum Gasteiger partial charge on any atom is 0.395 e. The Morgan fingerprint density at radius 3 is 2.70 bits per heavy atom. The zero-order valence-electron chi connectivity index (χ0n) is 13.5. The lowest BCUT2D eigenvalue weighted by molar-refractivity contribution is -0.149. The number of hydrogen-bond donors (Lipinski definition) is 2. The van der Waals surface area contributed by atoms with Crippen LogP contribution in [0.1, 0.15) is 42.4 Å². The maximum atomic E-state index is 13.2. The van der Waals surface area contributed by atoms with Gasteiger partial charge in [-0.25, -0.2) is 0 Å². The van der Waals surface area contributed by atoms with Crippen molar-refractivity contribution in [3.63, 3.8) is 0 Å². The zero-order valence-corrected chi connectivity index (χ0v) is 13.5. The lowest BCUT2D eigenvalue weighted by Gasteiger charge is -2.20. The fourth-order valence-electron chi connectivity index (χ4n) is 3.73. The number of nitrogens with one attached hydrogen (secondary N) is 2.